The molecule has 2 aliphatic rings. The number of hydrogen-bond donors (Lipinski definition) is 0. The van der Waals surface area contributed by atoms with E-state index < -0.39 is 0 Å². The van der Waals surface area contributed by atoms with Gasteiger partial charge in [-0.2, -0.15) is 0 Å². The molecule has 2 aliphatic heterocycles. The Bertz CT molecular complexity index is 1320. The third-order valence-corrected chi connectivity index (χ3v) is 7.47. The highest BCUT2D eigenvalue weighted by Gasteiger charge is 2.26. The maximum absolute atomic E-state index is 13.3. The Labute approximate surface area is 195 Å². The molecule has 0 radical (unpaired) electrons. The highest BCUT2D eigenvalue weighted by atomic mass is 32.1. The van der Waals surface area contributed by atoms with Crippen molar-refractivity contribution in [1.82, 2.24) is 19.2 Å². The number of carbonyl (C=O) groups excluding carboxylic acids is 1. The van der Waals surface area contributed by atoms with Crippen molar-refractivity contribution in [3.8, 4) is 22.8 Å². The predicted molar refractivity (Wildman–Crippen MR) is 127 cm³/mol. The average Bonchev–Trinajstić information content (AvgIpc) is 3.56. The number of fused-ring (bicyclic) bond motifs is 2. The van der Waals surface area contributed by atoms with Crippen molar-refractivity contribution in [1.29, 1.82) is 0 Å². The van der Waals surface area contributed by atoms with Gasteiger partial charge in [0.15, 0.2) is 16.5 Å². The number of hydrogen-bond acceptors (Lipinski definition) is 6. The van der Waals surface area contributed by atoms with Gasteiger partial charge in [-0.3, -0.25) is 14.1 Å². The van der Waals surface area contributed by atoms with Crippen LogP contribution in [0.15, 0.2) is 54.7 Å². The second-order valence-electron chi connectivity index (χ2n) is 8.42. The molecule has 1 saturated heterocycles. The number of nitrogens with zero attached hydrogens (tertiary/aromatic N) is 4. The monoisotopic (exact) mass is 460 g/mol. The van der Waals surface area contributed by atoms with Crippen LogP contribution in [0.4, 0.5) is 0 Å². The molecule has 4 heterocycles. The summed E-state index contributed by atoms with van der Waals surface area (Å²) in [6.45, 7) is 6.27. The zero-order valence-corrected chi connectivity index (χ0v) is 19.2. The topological polar surface area (TPSA) is 59.3 Å². The third-order valence-electron chi connectivity index (χ3n) is 6.32. The molecule has 6 rings (SSSR count). The lowest BCUT2D eigenvalue weighted by Gasteiger charge is -2.34. The highest BCUT2D eigenvalue weighted by molar-refractivity contribution is 7.19. The molecule has 33 heavy (non-hydrogen) atoms. The number of ether oxygens (including phenoxy) is 2. The number of rotatable bonds is 4. The second-order valence-corrected chi connectivity index (χ2v) is 9.39. The van der Waals surface area contributed by atoms with E-state index in [9.17, 15) is 4.79 Å². The number of imidazole rings is 1. The van der Waals surface area contributed by atoms with Crippen LogP contribution in [0, 0.1) is 6.92 Å². The van der Waals surface area contributed by atoms with Crippen molar-refractivity contribution >= 4 is 22.2 Å². The van der Waals surface area contributed by atoms with Gasteiger partial charge in [0, 0.05) is 50.2 Å². The molecule has 0 unspecified atom stereocenters. The van der Waals surface area contributed by atoms with Crippen molar-refractivity contribution in [3.05, 3.63) is 70.9 Å². The number of aromatic nitrogens is 2. The minimum atomic E-state index is 0.104. The van der Waals surface area contributed by atoms with Crippen LogP contribution in [0.3, 0.4) is 0 Å². The summed E-state index contributed by atoms with van der Waals surface area (Å²) in [6, 6.07) is 16.2. The van der Waals surface area contributed by atoms with E-state index in [2.05, 4.69) is 23.1 Å². The summed E-state index contributed by atoms with van der Waals surface area (Å²) >= 11 is 1.48. The van der Waals surface area contributed by atoms with Gasteiger partial charge in [0.25, 0.3) is 5.91 Å². The fraction of sp³-hybridized carbons (Fsp3) is 0.280. The maximum atomic E-state index is 13.3. The van der Waals surface area contributed by atoms with Crippen molar-refractivity contribution < 1.29 is 14.3 Å². The Morgan fingerprint density at radius 1 is 1.03 bits per heavy atom. The van der Waals surface area contributed by atoms with E-state index in [1.165, 1.54) is 16.9 Å². The Balaban J connectivity index is 1.12. The molecule has 2 aromatic heterocycles. The second kappa shape index (κ2) is 8.20. The van der Waals surface area contributed by atoms with Crippen molar-refractivity contribution in [2.24, 2.45) is 0 Å². The van der Waals surface area contributed by atoms with Crippen LogP contribution in [0.25, 0.3) is 16.2 Å². The summed E-state index contributed by atoms with van der Waals surface area (Å²) in [7, 11) is 0. The van der Waals surface area contributed by atoms with E-state index in [0.29, 0.717) is 6.79 Å². The Morgan fingerprint density at radius 2 is 1.82 bits per heavy atom. The van der Waals surface area contributed by atoms with Gasteiger partial charge in [-0.25, -0.2) is 4.98 Å². The summed E-state index contributed by atoms with van der Waals surface area (Å²) in [5, 5.41) is 0. The zero-order chi connectivity index (χ0) is 22.4. The molecule has 4 aromatic rings. The Morgan fingerprint density at radius 3 is 2.61 bits per heavy atom. The fourth-order valence-corrected chi connectivity index (χ4v) is 5.52. The van der Waals surface area contributed by atoms with Gasteiger partial charge in [-0.05, 0) is 24.6 Å². The molecule has 0 atom stereocenters. The van der Waals surface area contributed by atoms with Crippen molar-refractivity contribution in [3.63, 3.8) is 0 Å². The molecule has 1 amide bonds. The Hall–Kier alpha value is -3.36. The van der Waals surface area contributed by atoms with Crippen molar-refractivity contribution in [2.75, 3.05) is 33.0 Å². The van der Waals surface area contributed by atoms with E-state index in [-0.39, 0.29) is 5.91 Å². The molecule has 0 spiro atoms. The first-order valence-corrected chi connectivity index (χ1v) is 11.9. The number of thiazole rings is 1. The molecule has 0 aliphatic carbocycles. The van der Waals surface area contributed by atoms with E-state index in [0.717, 1.165) is 71.0 Å². The quantitative estimate of drug-likeness (QED) is 0.460. The van der Waals surface area contributed by atoms with Crippen LogP contribution >= 0.6 is 11.3 Å². The smallest absolute Gasteiger partial charge is 0.265 e. The van der Waals surface area contributed by atoms with E-state index in [1.54, 1.807) is 0 Å². The number of aryl methyl sites for hydroxylation is 1. The summed E-state index contributed by atoms with van der Waals surface area (Å²) in [5.74, 6) is 1.73. The first-order valence-electron chi connectivity index (χ1n) is 11.1. The number of carbonyl (C=O) groups is 1. The molecule has 0 bridgehead atoms. The number of piperazine rings is 1. The van der Waals surface area contributed by atoms with Gasteiger partial charge < -0.3 is 14.4 Å². The standard InChI is InChI=1S/C25H24N4O3S/c1-17-23(33-25-26-20(15-29(17)25)19-5-3-2-4-6-19)24(30)28-11-9-27(10-12-28)14-18-7-8-21-22(13-18)32-16-31-21/h2-8,13,15H,9-12,14,16H2,1H3. The molecule has 8 heteroatoms. The van der Waals surface area contributed by atoms with E-state index in [4.69, 9.17) is 14.5 Å². The minimum absolute atomic E-state index is 0.104. The summed E-state index contributed by atoms with van der Waals surface area (Å²) < 4.78 is 12.9. The first kappa shape index (κ1) is 20.3. The predicted octanol–water partition coefficient (Wildman–Crippen LogP) is 4.06. The average molecular weight is 461 g/mol. The van der Waals surface area contributed by atoms with Gasteiger partial charge in [0.05, 0.1) is 5.69 Å². The van der Waals surface area contributed by atoms with Gasteiger partial charge in [-0.1, -0.05) is 47.7 Å². The van der Waals surface area contributed by atoms with Gasteiger partial charge in [0.1, 0.15) is 4.88 Å². The van der Waals surface area contributed by atoms with Crippen molar-refractivity contribution in [2.45, 2.75) is 13.5 Å². The minimum Gasteiger partial charge on any atom is -0.454 e. The molecular formula is C25H24N4O3S. The van der Waals surface area contributed by atoms with Crippen LogP contribution in [-0.2, 0) is 6.54 Å². The lowest BCUT2D eigenvalue weighted by atomic mass is 10.1. The molecule has 0 N–H and O–H groups in total. The SMILES string of the molecule is Cc1c(C(=O)N2CCN(Cc3ccc4c(c3)OCO4)CC2)sc2nc(-c3ccccc3)cn12. The first-order chi connectivity index (χ1) is 16.2. The largest absolute Gasteiger partial charge is 0.454 e. The molecular weight excluding hydrogens is 436 g/mol. The highest BCUT2D eigenvalue weighted by Crippen LogP contribution is 2.33. The van der Waals surface area contributed by atoms with Crippen LogP contribution in [-0.4, -0.2) is 58.1 Å². The molecule has 1 fully saturated rings. The molecule has 168 valence electrons. The molecule has 7 nitrogen and oxygen atoms in total. The van der Waals surface area contributed by atoms with Gasteiger partial charge >= 0.3 is 0 Å². The molecule has 0 saturated carbocycles. The summed E-state index contributed by atoms with van der Waals surface area (Å²) in [4.78, 5) is 24.0. The van der Waals surface area contributed by atoms with Crippen LogP contribution in [0.5, 0.6) is 11.5 Å². The van der Waals surface area contributed by atoms with Crippen LogP contribution < -0.4 is 9.47 Å². The fourth-order valence-electron chi connectivity index (χ4n) is 4.45. The number of benzene rings is 2. The lowest BCUT2D eigenvalue weighted by molar-refractivity contribution is 0.0632. The van der Waals surface area contributed by atoms with Crippen LogP contribution in [0.2, 0.25) is 0 Å². The van der Waals surface area contributed by atoms with E-state index in [1.807, 2.05) is 52.8 Å². The summed E-state index contributed by atoms with van der Waals surface area (Å²) in [6.07, 6.45) is 2.02. The molecule has 2 aromatic carbocycles. The summed E-state index contributed by atoms with van der Waals surface area (Å²) in [5.41, 5.74) is 4.17. The Kier molecular flexibility index (Phi) is 5.04. The zero-order valence-electron chi connectivity index (χ0n) is 18.4. The van der Waals surface area contributed by atoms with Gasteiger partial charge in [0.2, 0.25) is 6.79 Å². The third kappa shape index (κ3) is 3.75. The maximum Gasteiger partial charge on any atom is 0.265 e. The van der Waals surface area contributed by atoms with Crippen LogP contribution in [0.1, 0.15) is 20.9 Å². The van der Waals surface area contributed by atoms with E-state index >= 15 is 0 Å². The lowest BCUT2D eigenvalue weighted by Crippen LogP contribution is -2.48. The number of amides is 1. The normalized spacial score (nSPS) is 16.0. The van der Waals surface area contributed by atoms with Gasteiger partial charge in [-0.15, -0.1) is 0 Å².